The van der Waals surface area contributed by atoms with E-state index in [1.165, 1.54) is 25.7 Å². The van der Waals surface area contributed by atoms with Gasteiger partial charge in [0.15, 0.2) is 5.11 Å². The predicted octanol–water partition coefficient (Wildman–Crippen LogP) is 3.08. The highest BCUT2D eigenvalue weighted by atomic mass is 32.1. The molecule has 2 rings (SSSR count). The molecule has 2 N–H and O–H groups in total. The van der Waals surface area contributed by atoms with E-state index in [1.54, 1.807) is 0 Å². The Morgan fingerprint density at radius 2 is 1.65 bits per heavy atom. The standard InChI is InChI=1S/C14H26N2S/c1-13(2)11(14(13,3)4)9-15-12(17)16-10-7-5-6-8-10/h10-11H,5-9H2,1-4H3,(H2,15,16,17). The van der Waals surface area contributed by atoms with Crippen molar-refractivity contribution in [1.29, 1.82) is 0 Å². The Bertz CT molecular complexity index is 289. The van der Waals surface area contributed by atoms with Gasteiger partial charge in [-0.2, -0.15) is 0 Å². The van der Waals surface area contributed by atoms with E-state index in [4.69, 9.17) is 12.2 Å². The van der Waals surface area contributed by atoms with Crippen LogP contribution in [-0.4, -0.2) is 17.7 Å². The van der Waals surface area contributed by atoms with E-state index in [1.807, 2.05) is 0 Å². The fourth-order valence-electron chi connectivity index (χ4n) is 3.34. The molecule has 0 aromatic heterocycles. The highest BCUT2D eigenvalue weighted by Gasteiger charge is 2.64. The van der Waals surface area contributed by atoms with Crippen LogP contribution < -0.4 is 10.6 Å². The topological polar surface area (TPSA) is 24.1 Å². The molecule has 2 aliphatic carbocycles. The summed E-state index contributed by atoms with van der Waals surface area (Å²) < 4.78 is 0. The Morgan fingerprint density at radius 1 is 1.12 bits per heavy atom. The molecule has 0 aliphatic heterocycles. The lowest BCUT2D eigenvalue weighted by Gasteiger charge is -2.16. The minimum atomic E-state index is 0.447. The summed E-state index contributed by atoms with van der Waals surface area (Å²) >= 11 is 5.36. The van der Waals surface area contributed by atoms with Crippen LogP contribution in [0.2, 0.25) is 0 Å². The minimum Gasteiger partial charge on any atom is -0.362 e. The second-order valence-electron chi connectivity index (χ2n) is 6.83. The first-order chi connectivity index (χ1) is 7.85. The van der Waals surface area contributed by atoms with Gasteiger partial charge in [0.25, 0.3) is 0 Å². The normalized spacial score (nSPS) is 26.8. The van der Waals surface area contributed by atoms with E-state index in [-0.39, 0.29) is 0 Å². The van der Waals surface area contributed by atoms with Gasteiger partial charge >= 0.3 is 0 Å². The third-order valence-electron chi connectivity index (χ3n) is 5.48. The van der Waals surface area contributed by atoms with Crippen LogP contribution in [0.3, 0.4) is 0 Å². The monoisotopic (exact) mass is 254 g/mol. The summed E-state index contributed by atoms with van der Waals surface area (Å²) in [5, 5.41) is 7.70. The number of hydrogen-bond donors (Lipinski definition) is 2. The van der Waals surface area contributed by atoms with Gasteiger partial charge in [-0.1, -0.05) is 40.5 Å². The number of rotatable bonds is 3. The van der Waals surface area contributed by atoms with Gasteiger partial charge in [0.05, 0.1) is 0 Å². The molecule has 2 nitrogen and oxygen atoms in total. The lowest BCUT2D eigenvalue weighted by atomic mass is 10.0. The molecule has 0 atom stereocenters. The van der Waals surface area contributed by atoms with Gasteiger partial charge in [-0.3, -0.25) is 0 Å². The average Bonchev–Trinajstić information content (AvgIpc) is 2.61. The quantitative estimate of drug-likeness (QED) is 0.757. The van der Waals surface area contributed by atoms with Crippen molar-refractivity contribution in [1.82, 2.24) is 10.6 Å². The molecule has 3 heteroatoms. The highest BCUT2D eigenvalue weighted by molar-refractivity contribution is 7.80. The fourth-order valence-corrected chi connectivity index (χ4v) is 3.59. The van der Waals surface area contributed by atoms with Crippen molar-refractivity contribution in [3.05, 3.63) is 0 Å². The van der Waals surface area contributed by atoms with E-state index < -0.39 is 0 Å². The van der Waals surface area contributed by atoms with Crippen molar-refractivity contribution >= 4 is 17.3 Å². The Balaban J connectivity index is 1.70. The summed E-state index contributed by atoms with van der Waals surface area (Å²) in [4.78, 5) is 0. The molecule has 0 aromatic rings. The lowest BCUT2D eigenvalue weighted by molar-refractivity contribution is 0.457. The van der Waals surface area contributed by atoms with E-state index in [0.717, 1.165) is 17.6 Å². The zero-order chi connectivity index (χ0) is 12.7. The molecule has 0 saturated heterocycles. The zero-order valence-electron chi connectivity index (χ0n) is 11.6. The highest BCUT2D eigenvalue weighted by Crippen LogP contribution is 2.67. The van der Waals surface area contributed by atoms with Gasteiger partial charge < -0.3 is 10.6 Å². The smallest absolute Gasteiger partial charge is 0.166 e. The van der Waals surface area contributed by atoms with Crippen molar-refractivity contribution < 1.29 is 0 Å². The van der Waals surface area contributed by atoms with Gasteiger partial charge in [0.1, 0.15) is 0 Å². The van der Waals surface area contributed by atoms with Crippen molar-refractivity contribution in [2.75, 3.05) is 6.54 Å². The van der Waals surface area contributed by atoms with Crippen LogP contribution in [-0.2, 0) is 0 Å². The van der Waals surface area contributed by atoms with E-state index in [0.29, 0.717) is 16.9 Å². The van der Waals surface area contributed by atoms with Crippen LogP contribution in [0.25, 0.3) is 0 Å². The SMILES string of the molecule is CC1(C)C(CNC(=S)NC2CCCC2)C1(C)C. The minimum absolute atomic E-state index is 0.447. The van der Waals surface area contributed by atoms with Gasteiger partial charge in [0, 0.05) is 12.6 Å². The predicted molar refractivity (Wildman–Crippen MR) is 77.0 cm³/mol. The maximum Gasteiger partial charge on any atom is 0.166 e. The van der Waals surface area contributed by atoms with Crippen LogP contribution in [0.1, 0.15) is 53.4 Å². The summed E-state index contributed by atoms with van der Waals surface area (Å²) in [5.41, 5.74) is 0.895. The Labute approximate surface area is 111 Å². The maximum atomic E-state index is 5.36. The largest absolute Gasteiger partial charge is 0.362 e. The molecule has 0 bridgehead atoms. The Morgan fingerprint density at radius 3 is 2.12 bits per heavy atom. The lowest BCUT2D eigenvalue weighted by Crippen LogP contribution is -2.41. The second-order valence-corrected chi connectivity index (χ2v) is 7.24. The third-order valence-corrected chi connectivity index (χ3v) is 5.74. The summed E-state index contributed by atoms with van der Waals surface area (Å²) in [7, 11) is 0. The number of nitrogens with one attached hydrogen (secondary N) is 2. The molecule has 0 spiro atoms. The summed E-state index contributed by atoms with van der Waals surface area (Å²) in [6.07, 6.45) is 5.26. The first-order valence-corrected chi connectivity index (χ1v) is 7.31. The molecule has 0 amide bonds. The molecule has 2 aliphatic rings. The number of thiocarbonyl (C=S) groups is 1. The first kappa shape index (κ1) is 13.1. The van der Waals surface area contributed by atoms with Crippen molar-refractivity contribution in [3.8, 4) is 0 Å². The fraction of sp³-hybridized carbons (Fsp3) is 0.929. The molecule has 17 heavy (non-hydrogen) atoms. The molecule has 0 aromatic carbocycles. The van der Waals surface area contributed by atoms with Crippen molar-refractivity contribution in [3.63, 3.8) is 0 Å². The summed E-state index contributed by atoms with van der Waals surface area (Å²) in [5.74, 6) is 0.735. The van der Waals surface area contributed by atoms with Gasteiger partial charge in [-0.05, 0) is 41.8 Å². The van der Waals surface area contributed by atoms with Crippen LogP contribution in [0.5, 0.6) is 0 Å². The van der Waals surface area contributed by atoms with Crippen molar-refractivity contribution in [2.24, 2.45) is 16.7 Å². The molecule has 2 fully saturated rings. The van der Waals surface area contributed by atoms with E-state index in [2.05, 4.69) is 38.3 Å². The third kappa shape index (κ3) is 2.44. The zero-order valence-corrected chi connectivity index (χ0v) is 12.4. The van der Waals surface area contributed by atoms with Crippen LogP contribution in [0.4, 0.5) is 0 Å². The van der Waals surface area contributed by atoms with Crippen LogP contribution in [0.15, 0.2) is 0 Å². The summed E-state index contributed by atoms with van der Waals surface area (Å²) in [6, 6.07) is 0.621. The Kier molecular flexibility index (Phi) is 3.41. The molecular weight excluding hydrogens is 228 g/mol. The molecular formula is C14H26N2S. The van der Waals surface area contributed by atoms with E-state index >= 15 is 0 Å². The maximum absolute atomic E-state index is 5.36. The average molecular weight is 254 g/mol. The molecule has 0 heterocycles. The van der Waals surface area contributed by atoms with Crippen LogP contribution in [0, 0.1) is 16.7 Å². The van der Waals surface area contributed by atoms with E-state index in [9.17, 15) is 0 Å². The molecule has 2 saturated carbocycles. The van der Waals surface area contributed by atoms with Gasteiger partial charge in [0.2, 0.25) is 0 Å². The van der Waals surface area contributed by atoms with Gasteiger partial charge in [-0.15, -0.1) is 0 Å². The Hall–Kier alpha value is -0.310. The molecule has 98 valence electrons. The first-order valence-electron chi connectivity index (χ1n) is 6.90. The summed E-state index contributed by atoms with van der Waals surface area (Å²) in [6.45, 7) is 10.4. The van der Waals surface area contributed by atoms with Gasteiger partial charge in [-0.25, -0.2) is 0 Å². The molecule has 0 unspecified atom stereocenters. The molecule has 0 radical (unpaired) electrons. The van der Waals surface area contributed by atoms with Crippen molar-refractivity contribution in [2.45, 2.75) is 59.4 Å². The second kappa shape index (κ2) is 4.42. The van der Waals surface area contributed by atoms with Crippen LogP contribution >= 0.6 is 12.2 Å². The number of hydrogen-bond acceptors (Lipinski definition) is 1.